The molecule has 2 nitrogen and oxygen atoms in total. The standard InChI is InChI=1S/C14H28N2/c1-11(13-4-3-6-15-9-13)5-7-16-10-14-8-12(14)2/h11-16H,3-10H2,1-2H3. The third-order valence-corrected chi connectivity index (χ3v) is 4.60. The van der Waals surface area contributed by atoms with Crippen molar-refractivity contribution in [2.75, 3.05) is 26.2 Å². The molecule has 0 radical (unpaired) electrons. The van der Waals surface area contributed by atoms with Crippen LogP contribution in [-0.2, 0) is 0 Å². The van der Waals surface area contributed by atoms with E-state index in [0.717, 1.165) is 23.7 Å². The zero-order valence-corrected chi connectivity index (χ0v) is 11.0. The molecule has 0 aromatic heterocycles. The minimum atomic E-state index is 0.886. The highest BCUT2D eigenvalue weighted by molar-refractivity contribution is 4.84. The van der Waals surface area contributed by atoms with Crippen LogP contribution in [0.15, 0.2) is 0 Å². The molecule has 2 N–H and O–H groups in total. The van der Waals surface area contributed by atoms with Crippen molar-refractivity contribution in [1.29, 1.82) is 0 Å². The van der Waals surface area contributed by atoms with Gasteiger partial charge in [-0.2, -0.15) is 0 Å². The van der Waals surface area contributed by atoms with E-state index in [1.165, 1.54) is 51.9 Å². The van der Waals surface area contributed by atoms with Crippen molar-refractivity contribution in [3.05, 3.63) is 0 Å². The molecule has 1 heterocycles. The summed E-state index contributed by atoms with van der Waals surface area (Å²) in [5, 5.41) is 7.15. The maximum Gasteiger partial charge on any atom is -0.00179 e. The van der Waals surface area contributed by atoms with E-state index in [9.17, 15) is 0 Å². The molecule has 1 saturated carbocycles. The van der Waals surface area contributed by atoms with Gasteiger partial charge in [-0.15, -0.1) is 0 Å². The third-order valence-electron chi connectivity index (χ3n) is 4.60. The van der Waals surface area contributed by atoms with Crippen LogP contribution < -0.4 is 10.6 Å². The van der Waals surface area contributed by atoms with Gasteiger partial charge in [0.15, 0.2) is 0 Å². The highest BCUT2D eigenvalue weighted by atomic mass is 14.9. The molecule has 0 aromatic rings. The van der Waals surface area contributed by atoms with Crippen molar-refractivity contribution in [3.8, 4) is 0 Å². The maximum atomic E-state index is 3.63. The van der Waals surface area contributed by atoms with Crippen LogP contribution in [0.25, 0.3) is 0 Å². The molecule has 0 spiro atoms. The average molecular weight is 224 g/mol. The zero-order valence-electron chi connectivity index (χ0n) is 11.0. The molecule has 4 atom stereocenters. The lowest BCUT2D eigenvalue weighted by atomic mass is 9.85. The first-order valence-corrected chi connectivity index (χ1v) is 7.19. The Kier molecular flexibility index (Phi) is 4.66. The fourth-order valence-corrected chi connectivity index (χ4v) is 2.90. The van der Waals surface area contributed by atoms with Crippen molar-refractivity contribution >= 4 is 0 Å². The molecule has 94 valence electrons. The van der Waals surface area contributed by atoms with Crippen molar-refractivity contribution < 1.29 is 0 Å². The van der Waals surface area contributed by atoms with Crippen LogP contribution in [0, 0.1) is 23.7 Å². The van der Waals surface area contributed by atoms with Crippen LogP contribution in [0.1, 0.15) is 39.5 Å². The summed E-state index contributed by atoms with van der Waals surface area (Å²) >= 11 is 0. The van der Waals surface area contributed by atoms with E-state index in [0.29, 0.717) is 0 Å². The summed E-state index contributed by atoms with van der Waals surface area (Å²) in [6, 6.07) is 0. The van der Waals surface area contributed by atoms with Gasteiger partial charge in [0.25, 0.3) is 0 Å². The Hall–Kier alpha value is -0.0800. The largest absolute Gasteiger partial charge is 0.316 e. The van der Waals surface area contributed by atoms with E-state index in [1.807, 2.05) is 0 Å². The van der Waals surface area contributed by atoms with Crippen LogP contribution in [0.2, 0.25) is 0 Å². The average Bonchev–Trinajstić information content (AvgIpc) is 3.02. The summed E-state index contributed by atoms with van der Waals surface area (Å²) in [7, 11) is 0. The minimum absolute atomic E-state index is 0.886. The molecule has 4 unspecified atom stereocenters. The predicted molar refractivity (Wildman–Crippen MR) is 69.5 cm³/mol. The molecular weight excluding hydrogens is 196 g/mol. The molecule has 2 fully saturated rings. The van der Waals surface area contributed by atoms with E-state index in [-0.39, 0.29) is 0 Å². The second-order valence-electron chi connectivity index (χ2n) is 6.05. The Morgan fingerprint density at radius 1 is 1.44 bits per heavy atom. The van der Waals surface area contributed by atoms with E-state index in [4.69, 9.17) is 0 Å². The Morgan fingerprint density at radius 3 is 2.88 bits per heavy atom. The lowest BCUT2D eigenvalue weighted by Gasteiger charge is -2.28. The molecule has 1 aliphatic heterocycles. The summed E-state index contributed by atoms with van der Waals surface area (Å²) in [6.45, 7) is 9.77. The molecule has 2 rings (SSSR count). The summed E-state index contributed by atoms with van der Waals surface area (Å²) < 4.78 is 0. The van der Waals surface area contributed by atoms with Crippen molar-refractivity contribution in [2.45, 2.75) is 39.5 Å². The Morgan fingerprint density at radius 2 is 2.25 bits per heavy atom. The monoisotopic (exact) mass is 224 g/mol. The van der Waals surface area contributed by atoms with Crippen LogP contribution in [0.3, 0.4) is 0 Å². The van der Waals surface area contributed by atoms with Gasteiger partial charge >= 0.3 is 0 Å². The van der Waals surface area contributed by atoms with Gasteiger partial charge < -0.3 is 10.6 Å². The molecule has 0 aromatic carbocycles. The summed E-state index contributed by atoms with van der Waals surface area (Å²) in [5.41, 5.74) is 0. The molecule has 1 aliphatic carbocycles. The Balaban J connectivity index is 1.51. The Labute approximate surface area is 101 Å². The van der Waals surface area contributed by atoms with Gasteiger partial charge in [-0.3, -0.25) is 0 Å². The van der Waals surface area contributed by atoms with E-state index < -0.39 is 0 Å². The van der Waals surface area contributed by atoms with Gasteiger partial charge in [0.2, 0.25) is 0 Å². The van der Waals surface area contributed by atoms with Gasteiger partial charge in [0, 0.05) is 0 Å². The molecule has 1 saturated heterocycles. The molecule has 16 heavy (non-hydrogen) atoms. The SMILES string of the molecule is CC(CCNCC1CC1C)C1CCCNC1. The number of hydrogen-bond acceptors (Lipinski definition) is 2. The van der Waals surface area contributed by atoms with Crippen LogP contribution in [0.4, 0.5) is 0 Å². The van der Waals surface area contributed by atoms with E-state index in [2.05, 4.69) is 24.5 Å². The zero-order chi connectivity index (χ0) is 11.4. The molecule has 0 bridgehead atoms. The summed E-state index contributed by atoms with van der Waals surface area (Å²) in [5.74, 6) is 3.80. The van der Waals surface area contributed by atoms with E-state index >= 15 is 0 Å². The quantitative estimate of drug-likeness (QED) is 0.676. The van der Waals surface area contributed by atoms with Crippen LogP contribution in [0.5, 0.6) is 0 Å². The number of hydrogen-bond donors (Lipinski definition) is 2. The molecule has 0 amide bonds. The maximum absolute atomic E-state index is 3.63. The van der Waals surface area contributed by atoms with Gasteiger partial charge in [-0.05, 0) is 75.5 Å². The second kappa shape index (κ2) is 6.02. The van der Waals surface area contributed by atoms with Crippen LogP contribution >= 0.6 is 0 Å². The topological polar surface area (TPSA) is 24.1 Å². The molecule has 2 heteroatoms. The minimum Gasteiger partial charge on any atom is -0.316 e. The second-order valence-corrected chi connectivity index (χ2v) is 6.05. The van der Waals surface area contributed by atoms with Gasteiger partial charge in [0.1, 0.15) is 0 Å². The van der Waals surface area contributed by atoms with Gasteiger partial charge in [0.05, 0.1) is 0 Å². The first-order valence-electron chi connectivity index (χ1n) is 7.19. The predicted octanol–water partition coefficient (Wildman–Crippen LogP) is 2.26. The highest BCUT2D eigenvalue weighted by Crippen LogP contribution is 2.36. The van der Waals surface area contributed by atoms with Crippen molar-refractivity contribution in [3.63, 3.8) is 0 Å². The summed E-state index contributed by atoms with van der Waals surface area (Å²) in [6.07, 6.45) is 5.62. The lowest BCUT2D eigenvalue weighted by Crippen LogP contribution is -2.34. The molecular formula is C14H28N2. The fraction of sp³-hybridized carbons (Fsp3) is 1.00. The Bertz CT molecular complexity index is 199. The van der Waals surface area contributed by atoms with Gasteiger partial charge in [-0.1, -0.05) is 13.8 Å². The van der Waals surface area contributed by atoms with Crippen molar-refractivity contribution in [2.24, 2.45) is 23.7 Å². The molecule has 2 aliphatic rings. The number of rotatable bonds is 6. The smallest absolute Gasteiger partial charge is 0.00179 e. The number of nitrogens with one attached hydrogen (secondary N) is 2. The summed E-state index contributed by atoms with van der Waals surface area (Å²) in [4.78, 5) is 0. The first kappa shape index (κ1) is 12.4. The first-order chi connectivity index (χ1) is 7.77. The third kappa shape index (κ3) is 3.74. The fourth-order valence-electron chi connectivity index (χ4n) is 2.90. The van der Waals surface area contributed by atoms with Crippen LogP contribution in [-0.4, -0.2) is 26.2 Å². The number of piperidine rings is 1. The highest BCUT2D eigenvalue weighted by Gasteiger charge is 2.31. The van der Waals surface area contributed by atoms with Gasteiger partial charge in [-0.25, -0.2) is 0 Å². The lowest BCUT2D eigenvalue weighted by molar-refractivity contribution is 0.266. The van der Waals surface area contributed by atoms with E-state index in [1.54, 1.807) is 0 Å². The van der Waals surface area contributed by atoms with Crippen molar-refractivity contribution in [1.82, 2.24) is 10.6 Å². The normalized spacial score (nSPS) is 36.0.